The number of carbonyl (C=O) groups is 1. The number of rotatable bonds is 4. The van der Waals surface area contributed by atoms with Gasteiger partial charge in [-0.15, -0.1) is 0 Å². The zero-order valence-electron chi connectivity index (χ0n) is 15.8. The van der Waals surface area contributed by atoms with Crippen molar-refractivity contribution >= 4 is 15.9 Å². The maximum Gasteiger partial charge on any atom is 0.251 e. The molecule has 3 atom stereocenters. The van der Waals surface area contributed by atoms with Crippen molar-refractivity contribution < 1.29 is 13.2 Å². The Bertz CT molecular complexity index is 738. The van der Waals surface area contributed by atoms with Gasteiger partial charge < -0.3 is 5.32 Å². The van der Waals surface area contributed by atoms with Crippen molar-refractivity contribution in [2.24, 2.45) is 0 Å². The van der Waals surface area contributed by atoms with Crippen molar-refractivity contribution in [3.05, 3.63) is 29.8 Å². The molecule has 0 aliphatic carbocycles. The Morgan fingerprint density at radius 2 is 1.69 bits per heavy atom. The van der Waals surface area contributed by atoms with Gasteiger partial charge in [0.25, 0.3) is 5.91 Å². The van der Waals surface area contributed by atoms with Crippen molar-refractivity contribution in [2.75, 3.05) is 20.1 Å². The molecule has 144 valence electrons. The third kappa shape index (κ3) is 3.66. The van der Waals surface area contributed by atoms with Crippen LogP contribution in [0.2, 0.25) is 0 Å². The van der Waals surface area contributed by atoms with Crippen LogP contribution in [0.5, 0.6) is 0 Å². The van der Waals surface area contributed by atoms with Crippen LogP contribution in [-0.4, -0.2) is 61.8 Å². The minimum atomic E-state index is -3.53. The molecule has 0 bridgehead atoms. The first kappa shape index (κ1) is 19.3. The highest BCUT2D eigenvalue weighted by molar-refractivity contribution is 7.89. The number of nitrogens with one attached hydrogen (secondary N) is 1. The molecule has 1 amide bonds. The molecular weight excluding hydrogens is 350 g/mol. The molecule has 0 spiro atoms. The van der Waals surface area contributed by atoms with E-state index < -0.39 is 10.0 Å². The quantitative estimate of drug-likeness (QED) is 0.870. The summed E-state index contributed by atoms with van der Waals surface area (Å²) in [7, 11) is -1.98. The van der Waals surface area contributed by atoms with Crippen molar-refractivity contribution in [1.29, 1.82) is 0 Å². The normalized spacial score (nSPS) is 28.2. The molecule has 0 saturated carbocycles. The molecule has 1 N–H and O–H groups in total. The van der Waals surface area contributed by atoms with E-state index >= 15 is 0 Å². The Labute approximate surface area is 156 Å². The van der Waals surface area contributed by atoms with E-state index in [-0.39, 0.29) is 16.8 Å². The van der Waals surface area contributed by atoms with Crippen LogP contribution in [0.4, 0.5) is 0 Å². The third-order valence-corrected chi connectivity index (χ3v) is 7.66. The first-order valence-corrected chi connectivity index (χ1v) is 10.9. The van der Waals surface area contributed by atoms with Crippen molar-refractivity contribution in [1.82, 2.24) is 14.5 Å². The molecule has 0 radical (unpaired) electrons. The number of amides is 1. The molecule has 0 aromatic heterocycles. The topological polar surface area (TPSA) is 69.7 Å². The van der Waals surface area contributed by atoms with E-state index in [2.05, 4.69) is 24.1 Å². The monoisotopic (exact) mass is 379 g/mol. The maximum absolute atomic E-state index is 13.1. The lowest BCUT2D eigenvalue weighted by Gasteiger charge is -2.41. The Balaban J connectivity index is 1.77. The van der Waals surface area contributed by atoms with E-state index in [1.54, 1.807) is 23.5 Å². The number of hydrogen-bond donors (Lipinski definition) is 1. The summed E-state index contributed by atoms with van der Waals surface area (Å²) >= 11 is 0. The molecule has 2 aliphatic rings. The average molecular weight is 380 g/mol. The fraction of sp³-hybridized carbons (Fsp3) is 0.632. The summed E-state index contributed by atoms with van der Waals surface area (Å²) in [5.41, 5.74) is 0.461. The lowest BCUT2D eigenvalue weighted by atomic mass is 10.0. The van der Waals surface area contributed by atoms with Crippen molar-refractivity contribution in [3.8, 4) is 0 Å². The number of likely N-dealkylation sites (tertiary alicyclic amines) is 1. The number of piperidine rings is 1. The summed E-state index contributed by atoms with van der Waals surface area (Å²) in [5.74, 6) is -0.219. The zero-order chi connectivity index (χ0) is 18.9. The highest BCUT2D eigenvalue weighted by atomic mass is 32.2. The van der Waals surface area contributed by atoms with Gasteiger partial charge in [0.05, 0.1) is 4.90 Å². The second-order valence-corrected chi connectivity index (χ2v) is 9.42. The molecule has 2 aliphatic heterocycles. The van der Waals surface area contributed by atoms with Crippen LogP contribution in [0.3, 0.4) is 0 Å². The lowest BCUT2D eigenvalue weighted by Crippen LogP contribution is -2.52. The molecule has 26 heavy (non-hydrogen) atoms. The Morgan fingerprint density at radius 1 is 1.08 bits per heavy atom. The Hall–Kier alpha value is -1.44. The molecular formula is C19H29N3O3S. The first-order valence-electron chi connectivity index (χ1n) is 9.44. The average Bonchev–Trinajstić information content (AvgIpc) is 2.99. The van der Waals surface area contributed by atoms with Crippen molar-refractivity contribution in [3.63, 3.8) is 0 Å². The summed E-state index contributed by atoms with van der Waals surface area (Å²) in [5, 5.41) is 2.54. The molecule has 1 aromatic rings. The summed E-state index contributed by atoms with van der Waals surface area (Å²) < 4.78 is 27.8. The summed E-state index contributed by atoms with van der Waals surface area (Å²) in [6, 6.07) is 7.52. The van der Waals surface area contributed by atoms with Crippen LogP contribution in [0.1, 0.15) is 49.9 Å². The van der Waals surface area contributed by atoms with Crippen LogP contribution in [0.25, 0.3) is 0 Å². The van der Waals surface area contributed by atoms with Gasteiger partial charge in [-0.05, 0) is 63.8 Å². The van der Waals surface area contributed by atoms with Gasteiger partial charge >= 0.3 is 0 Å². The van der Waals surface area contributed by atoms with E-state index in [0.29, 0.717) is 30.7 Å². The highest BCUT2D eigenvalue weighted by Gasteiger charge is 2.38. The fourth-order valence-corrected chi connectivity index (χ4v) is 5.90. The lowest BCUT2D eigenvalue weighted by molar-refractivity contribution is 0.0963. The summed E-state index contributed by atoms with van der Waals surface area (Å²) in [6.45, 7) is 5.60. The van der Waals surface area contributed by atoms with E-state index in [4.69, 9.17) is 0 Å². The van der Waals surface area contributed by atoms with Gasteiger partial charge in [0.1, 0.15) is 0 Å². The van der Waals surface area contributed by atoms with E-state index in [0.717, 1.165) is 12.8 Å². The Morgan fingerprint density at radius 3 is 2.27 bits per heavy atom. The first-order chi connectivity index (χ1) is 12.3. The second-order valence-electron chi connectivity index (χ2n) is 7.49. The minimum Gasteiger partial charge on any atom is -0.355 e. The van der Waals surface area contributed by atoms with Gasteiger partial charge in [0.15, 0.2) is 0 Å². The predicted octanol–water partition coefficient (Wildman–Crippen LogP) is 2.07. The van der Waals surface area contributed by atoms with Crippen LogP contribution in [0, 0.1) is 0 Å². The third-order valence-electron chi connectivity index (χ3n) is 5.78. The number of nitrogens with zero attached hydrogens (tertiary/aromatic N) is 2. The molecule has 2 heterocycles. The van der Waals surface area contributed by atoms with Crippen LogP contribution in [-0.2, 0) is 10.0 Å². The molecule has 7 heteroatoms. The summed E-state index contributed by atoms with van der Waals surface area (Å²) in [6.07, 6.45) is 4.31. The van der Waals surface area contributed by atoms with Gasteiger partial charge in [-0.3, -0.25) is 9.69 Å². The number of sulfonamides is 1. The SMILES string of the molecule is CNC(=O)c1ccc(S(=O)(=O)N2CCCC(N3C(C)CCC3C)C2)cc1. The zero-order valence-corrected chi connectivity index (χ0v) is 16.6. The summed E-state index contributed by atoms with van der Waals surface area (Å²) in [4.78, 5) is 14.4. The van der Waals surface area contributed by atoms with Crippen molar-refractivity contribution in [2.45, 2.75) is 62.6 Å². The van der Waals surface area contributed by atoms with Gasteiger partial charge in [-0.1, -0.05) is 0 Å². The van der Waals surface area contributed by atoms with E-state index in [9.17, 15) is 13.2 Å². The Kier molecular flexibility index (Phi) is 5.69. The molecule has 2 fully saturated rings. The molecule has 3 unspecified atom stereocenters. The van der Waals surface area contributed by atoms with Crippen LogP contribution < -0.4 is 5.32 Å². The van der Waals surface area contributed by atoms with Gasteiger partial charge in [-0.25, -0.2) is 8.42 Å². The molecule has 2 saturated heterocycles. The van der Waals surface area contributed by atoms with E-state index in [1.165, 1.54) is 25.0 Å². The highest BCUT2D eigenvalue weighted by Crippen LogP contribution is 2.31. The second kappa shape index (κ2) is 7.66. The minimum absolute atomic E-state index is 0.219. The maximum atomic E-state index is 13.1. The van der Waals surface area contributed by atoms with Crippen LogP contribution in [0.15, 0.2) is 29.2 Å². The number of benzene rings is 1. The largest absolute Gasteiger partial charge is 0.355 e. The number of carbonyl (C=O) groups excluding carboxylic acids is 1. The van der Waals surface area contributed by atoms with Gasteiger partial charge in [-0.2, -0.15) is 4.31 Å². The van der Waals surface area contributed by atoms with Crippen LogP contribution >= 0.6 is 0 Å². The number of hydrogen-bond acceptors (Lipinski definition) is 4. The molecule has 3 rings (SSSR count). The molecule has 6 nitrogen and oxygen atoms in total. The standard InChI is InChI=1S/C19H29N3O3S/c1-14-6-7-15(2)22(14)17-5-4-12-21(13-17)26(24,25)18-10-8-16(9-11-18)19(23)20-3/h8-11,14-15,17H,4-7,12-13H2,1-3H3,(H,20,23). The van der Waals surface area contributed by atoms with E-state index in [1.807, 2.05) is 0 Å². The fourth-order valence-electron chi connectivity index (χ4n) is 4.39. The van der Waals surface area contributed by atoms with Gasteiger partial charge in [0.2, 0.25) is 10.0 Å². The predicted molar refractivity (Wildman–Crippen MR) is 102 cm³/mol. The molecule has 1 aromatic carbocycles. The van der Waals surface area contributed by atoms with Gasteiger partial charge in [0, 0.05) is 43.8 Å². The smallest absolute Gasteiger partial charge is 0.251 e.